The van der Waals surface area contributed by atoms with Gasteiger partial charge in [-0.15, -0.1) is 0 Å². The molecule has 0 aliphatic rings. The summed E-state index contributed by atoms with van der Waals surface area (Å²) in [6.07, 6.45) is -5.73. The smallest absolute Gasteiger partial charge is 0.416 e. The summed E-state index contributed by atoms with van der Waals surface area (Å²) >= 11 is 0. The molecule has 0 aliphatic heterocycles. The lowest BCUT2D eigenvalue weighted by Gasteiger charge is -2.30. The van der Waals surface area contributed by atoms with Crippen molar-refractivity contribution in [2.24, 2.45) is 5.92 Å². The predicted molar refractivity (Wildman–Crippen MR) is 163 cm³/mol. The summed E-state index contributed by atoms with van der Waals surface area (Å²) < 4.78 is 81.4. The Morgan fingerprint density at radius 3 is 2.00 bits per heavy atom. The molecule has 3 aromatic carbocycles. The monoisotopic (exact) mass is 633 g/mol. The number of alkyl halides is 3. The van der Waals surface area contributed by atoms with Crippen molar-refractivity contribution in [2.45, 2.75) is 75.8 Å². The van der Waals surface area contributed by atoms with Crippen LogP contribution in [0.4, 0.5) is 23.7 Å². The van der Waals surface area contributed by atoms with Gasteiger partial charge in [-0.3, -0.25) is 10.1 Å². The third-order valence-corrected chi connectivity index (χ3v) is 8.96. The summed E-state index contributed by atoms with van der Waals surface area (Å²) in [5.74, 6) is -1.94. The molecule has 7 nitrogen and oxygen atoms in total. The van der Waals surface area contributed by atoms with Gasteiger partial charge in [0.1, 0.15) is 16.6 Å². The fourth-order valence-corrected chi connectivity index (χ4v) is 6.75. The number of nitrogens with one attached hydrogen (secondary N) is 1. The number of anilines is 1. The van der Waals surface area contributed by atoms with E-state index in [-0.39, 0.29) is 34.0 Å². The minimum absolute atomic E-state index is 0.00195. The summed E-state index contributed by atoms with van der Waals surface area (Å²) in [6, 6.07) is 14.4. The van der Waals surface area contributed by atoms with Gasteiger partial charge in [-0.1, -0.05) is 31.5 Å². The molecule has 0 spiro atoms. The summed E-state index contributed by atoms with van der Waals surface area (Å²) in [5, 5.41) is 0.652. The number of hydrogen-bond donors (Lipinski definition) is 1. The molecule has 3 rings (SSSR count). The average molecular weight is 634 g/mol. The molecule has 0 bridgehead atoms. The van der Waals surface area contributed by atoms with Gasteiger partial charge in [0, 0.05) is 17.2 Å². The highest BCUT2D eigenvalue weighted by Gasteiger charge is 2.44. The van der Waals surface area contributed by atoms with Crippen LogP contribution in [0.1, 0.15) is 74.0 Å². The van der Waals surface area contributed by atoms with Crippen LogP contribution >= 0.6 is 0 Å². The van der Waals surface area contributed by atoms with Gasteiger partial charge in [-0.05, 0) is 100 Å². The van der Waals surface area contributed by atoms with E-state index in [1.165, 1.54) is 43.5 Å². The Morgan fingerprint density at radius 1 is 0.909 bits per heavy atom. The third kappa shape index (κ3) is 8.62. The van der Waals surface area contributed by atoms with Crippen molar-refractivity contribution < 1.29 is 40.7 Å². The number of ketones is 1. The second-order valence-corrected chi connectivity index (χ2v) is 14.1. The first-order chi connectivity index (χ1) is 20.3. The SMILES string of the molecule is COc1ccc(C(=O)C(C(CC(C)C)c2cc(C(F)(F)F)ccc2NC(=O)OC(C)(C)C)S(=O)(=O)c2ccc(C)cc2)cc1. The maximum atomic E-state index is 14.4. The fraction of sp³-hybridized carbons (Fsp3) is 0.394. The molecule has 238 valence electrons. The minimum Gasteiger partial charge on any atom is -0.497 e. The lowest BCUT2D eigenvalue weighted by molar-refractivity contribution is -0.137. The zero-order chi connectivity index (χ0) is 33.0. The van der Waals surface area contributed by atoms with Crippen molar-refractivity contribution >= 4 is 27.4 Å². The molecule has 44 heavy (non-hydrogen) atoms. The molecule has 0 saturated heterocycles. The molecule has 1 amide bonds. The molecule has 2 unspecified atom stereocenters. The Bertz CT molecular complexity index is 1580. The second kappa shape index (κ2) is 13.4. The Kier molecular flexibility index (Phi) is 10.6. The van der Waals surface area contributed by atoms with Crippen molar-refractivity contribution in [3.8, 4) is 5.75 Å². The van der Waals surface area contributed by atoms with Crippen LogP contribution in [0.3, 0.4) is 0 Å². The lowest BCUT2D eigenvalue weighted by atomic mass is 9.83. The number of benzene rings is 3. The van der Waals surface area contributed by atoms with Gasteiger partial charge in [0.15, 0.2) is 15.6 Å². The number of methoxy groups -OCH3 is 1. The average Bonchev–Trinajstić information content (AvgIpc) is 2.91. The van der Waals surface area contributed by atoms with Gasteiger partial charge in [0.05, 0.1) is 17.6 Å². The first kappa shape index (κ1) is 34.6. The maximum absolute atomic E-state index is 14.4. The molecule has 0 aliphatic carbocycles. The number of ether oxygens (including phenoxy) is 2. The first-order valence-corrected chi connectivity index (χ1v) is 15.6. The minimum atomic E-state index is -4.78. The quantitative estimate of drug-likeness (QED) is 0.226. The standard InChI is InChI=1S/C33H38F3NO6S/c1-20(2)18-27(26-19-23(33(34,35)36)12-17-28(26)37-31(39)43-32(4,5)6)30(29(38)22-10-13-24(42-7)14-11-22)44(40,41)25-15-8-21(3)9-16-25/h8-17,19-20,27,30H,18H2,1-7H3,(H,37,39). The molecule has 3 aromatic rings. The van der Waals surface area contributed by atoms with E-state index in [1.54, 1.807) is 53.7 Å². The summed E-state index contributed by atoms with van der Waals surface area (Å²) in [5.41, 5.74) is -1.41. The Balaban J connectivity index is 2.35. The maximum Gasteiger partial charge on any atom is 0.416 e. The van der Waals surface area contributed by atoms with Gasteiger partial charge in [0.2, 0.25) is 0 Å². The molecule has 1 N–H and O–H groups in total. The van der Waals surface area contributed by atoms with E-state index in [0.29, 0.717) is 5.75 Å². The molecule has 0 heterocycles. The van der Waals surface area contributed by atoms with Crippen molar-refractivity contribution in [2.75, 3.05) is 12.4 Å². The number of carbonyl (C=O) groups is 2. The van der Waals surface area contributed by atoms with E-state index < -0.39 is 50.2 Å². The van der Waals surface area contributed by atoms with Crippen LogP contribution in [0, 0.1) is 12.8 Å². The third-order valence-electron chi connectivity index (χ3n) is 6.82. The van der Waals surface area contributed by atoms with E-state index in [1.807, 2.05) is 0 Å². The van der Waals surface area contributed by atoms with Gasteiger partial charge >= 0.3 is 12.3 Å². The topological polar surface area (TPSA) is 98.8 Å². The highest BCUT2D eigenvalue weighted by Crippen LogP contribution is 2.42. The van der Waals surface area contributed by atoms with Crippen LogP contribution in [-0.2, 0) is 20.8 Å². The number of amides is 1. The number of sulfone groups is 1. The highest BCUT2D eigenvalue weighted by molar-refractivity contribution is 7.93. The van der Waals surface area contributed by atoms with E-state index in [9.17, 15) is 31.2 Å². The van der Waals surface area contributed by atoms with E-state index in [2.05, 4.69) is 5.32 Å². The molecule has 0 saturated carbocycles. The number of Topliss-reactive ketones (excluding diaryl/α,β-unsaturated/α-hetero) is 1. The Labute approximate surface area is 256 Å². The summed E-state index contributed by atoms with van der Waals surface area (Å²) in [7, 11) is -3.06. The summed E-state index contributed by atoms with van der Waals surface area (Å²) in [6.45, 7) is 10.2. The Hall–Kier alpha value is -3.86. The van der Waals surface area contributed by atoms with Crippen molar-refractivity contribution in [1.29, 1.82) is 0 Å². The van der Waals surface area contributed by atoms with Crippen molar-refractivity contribution in [1.82, 2.24) is 0 Å². The predicted octanol–water partition coefficient (Wildman–Crippen LogP) is 8.22. The van der Waals surface area contributed by atoms with Crippen molar-refractivity contribution in [3.63, 3.8) is 0 Å². The van der Waals surface area contributed by atoms with Crippen molar-refractivity contribution in [3.05, 3.63) is 89.0 Å². The molecular formula is C33H38F3NO6S. The van der Waals surface area contributed by atoms with Crippen LogP contribution in [0.15, 0.2) is 71.6 Å². The van der Waals surface area contributed by atoms with Crippen LogP contribution < -0.4 is 10.1 Å². The van der Waals surface area contributed by atoms with E-state index in [4.69, 9.17) is 9.47 Å². The first-order valence-electron chi connectivity index (χ1n) is 14.0. The number of carbonyl (C=O) groups excluding carboxylic acids is 2. The van der Waals surface area contributed by atoms with Gasteiger partial charge in [-0.25, -0.2) is 13.2 Å². The molecule has 0 aromatic heterocycles. The number of aryl methyl sites for hydroxylation is 1. The highest BCUT2D eigenvalue weighted by atomic mass is 32.2. The Morgan fingerprint density at radius 2 is 1.50 bits per heavy atom. The van der Waals surface area contributed by atoms with Crippen LogP contribution in [0.2, 0.25) is 0 Å². The molecule has 0 radical (unpaired) electrons. The van der Waals surface area contributed by atoms with Gasteiger partial charge < -0.3 is 9.47 Å². The van der Waals surface area contributed by atoms with Gasteiger partial charge in [0.25, 0.3) is 0 Å². The largest absolute Gasteiger partial charge is 0.497 e. The van der Waals surface area contributed by atoms with Gasteiger partial charge in [-0.2, -0.15) is 13.2 Å². The molecular weight excluding hydrogens is 595 g/mol. The second-order valence-electron chi connectivity index (χ2n) is 12.0. The zero-order valence-electron chi connectivity index (χ0n) is 25.8. The van der Waals surface area contributed by atoms with E-state index in [0.717, 1.165) is 23.8 Å². The van der Waals surface area contributed by atoms with Crippen LogP contribution in [-0.4, -0.2) is 38.3 Å². The molecule has 2 atom stereocenters. The normalized spacial score (nSPS) is 13.7. The van der Waals surface area contributed by atoms with Crippen LogP contribution in [0.25, 0.3) is 0 Å². The fourth-order valence-electron chi connectivity index (χ4n) is 4.83. The molecule has 11 heteroatoms. The lowest BCUT2D eigenvalue weighted by Crippen LogP contribution is -2.38. The van der Waals surface area contributed by atoms with Crippen LogP contribution in [0.5, 0.6) is 5.75 Å². The number of halogens is 3. The van der Waals surface area contributed by atoms with E-state index >= 15 is 0 Å². The summed E-state index contributed by atoms with van der Waals surface area (Å²) in [4.78, 5) is 26.9. The molecule has 0 fully saturated rings. The number of hydrogen-bond acceptors (Lipinski definition) is 6. The number of rotatable bonds is 10. The zero-order valence-corrected chi connectivity index (χ0v) is 26.6.